The van der Waals surface area contributed by atoms with Crippen LogP contribution in [0.15, 0.2) is 24.5 Å². The summed E-state index contributed by atoms with van der Waals surface area (Å²) in [7, 11) is 0. The Morgan fingerprint density at radius 2 is 2.21 bits per heavy atom. The second-order valence-corrected chi connectivity index (χ2v) is 4.62. The van der Waals surface area contributed by atoms with Gasteiger partial charge in [-0.15, -0.1) is 0 Å². The fraction of sp³-hybridized carbons (Fsp3) is 0.455. The third-order valence-electron chi connectivity index (χ3n) is 3.35. The molecule has 3 N–H and O–H groups in total. The molecule has 1 aliphatic carbocycles. The van der Waals surface area contributed by atoms with Gasteiger partial charge in [-0.1, -0.05) is 19.9 Å². The Labute approximate surface area is 83.9 Å². The lowest BCUT2D eigenvalue weighted by Crippen LogP contribution is -2.32. The van der Waals surface area contributed by atoms with Crippen LogP contribution in [-0.4, -0.2) is 10.8 Å². The van der Waals surface area contributed by atoms with E-state index in [-0.39, 0.29) is 16.7 Å². The smallest absolute Gasteiger partial charge is 0.102 e. The Bertz CT molecular complexity index is 369. The molecule has 74 valence electrons. The van der Waals surface area contributed by atoms with Crippen LogP contribution in [-0.2, 0) is 5.41 Å². The number of nitrogens with zero attached hydrogens (tertiary/aromatic N) is 1. The minimum atomic E-state index is -0.263. The monoisotopic (exact) mass is 189 g/mol. The summed E-state index contributed by atoms with van der Waals surface area (Å²) >= 11 is 0. The molecule has 1 aromatic rings. The van der Waals surface area contributed by atoms with Gasteiger partial charge in [0.05, 0.1) is 5.41 Å². The highest BCUT2D eigenvalue weighted by Crippen LogP contribution is 2.63. The van der Waals surface area contributed by atoms with E-state index in [2.05, 4.69) is 18.8 Å². The highest BCUT2D eigenvalue weighted by molar-refractivity contribution is 5.93. The summed E-state index contributed by atoms with van der Waals surface area (Å²) in [5.41, 5.74) is 6.60. The number of hydrogen-bond donors (Lipinski definition) is 2. The van der Waals surface area contributed by atoms with E-state index in [9.17, 15) is 0 Å². The first kappa shape index (κ1) is 9.19. The van der Waals surface area contributed by atoms with Gasteiger partial charge in [0, 0.05) is 12.4 Å². The van der Waals surface area contributed by atoms with E-state index in [4.69, 9.17) is 11.1 Å². The van der Waals surface area contributed by atoms with Gasteiger partial charge in [-0.2, -0.15) is 0 Å². The van der Waals surface area contributed by atoms with Crippen LogP contribution >= 0.6 is 0 Å². The quantitative estimate of drug-likeness (QED) is 0.549. The predicted molar refractivity (Wildman–Crippen MR) is 56.2 cm³/mol. The van der Waals surface area contributed by atoms with E-state index in [0.717, 1.165) is 12.0 Å². The summed E-state index contributed by atoms with van der Waals surface area (Å²) in [5, 5.41) is 7.70. The molecule has 0 saturated heterocycles. The van der Waals surface area contributed by atoms with Gasteiger partial charge in [0.25, 0.3) is 0 Å². The van der Waals surface area contributed by atoms with E-state index < -0.39 is 0 Å². The number of nitrogens with two attached hydrogens (primary N) is 1. The first-order chi connectivity index (χ1) is 6.51. The van der Waals surface area contributed by atoms with Crippen molar-refractivity contribution in [3.63, 3.8) is 0 Å². The van der Waals surface area contributed by atoms with Crippen LogP contribution in [0.1, 0.15) is 25.8 Å². The van der Waals surface area contributed by atoms with Crippen molar-refractivity contribution in [1.82, 2.24) is 4.98 Å². The number of amidine groups is 1. The summed E-state index contributed by atoms with van der Waals surface area (Å²) < 4.78 is 0. The van der Waals surface area contributed by atoms with E-state index >= 15 is 0 Å². The first-order valence-electron chi connectivity index (χ1n) is 4.76. The van der Waals surface area contributed by atoms with E-state index in [1.54, 1.807) is 6.20 Å². The van der Waals surface area contributed by atoms with Gasteiger partial charge in [-0.05, 0) is 23.5 Å². The predicted octanol–water partition coefficient (Wildman–Crippen LogP) is 1.69. The second kappa shape index (κ2) is 2.56. The van der Waals surface area contributed by atoms with Gasteiger partial charge >= 0.3 is 0 Å². The topological polar surface area (TPSA) is 62.8 Å². The summed E-state index contributed by atoms with van der Waals surface area (Å²) in [6.07, 6.45) is 4.50. The largest absolute Gasteiger partial charge is 0.387 e. The maximum Gasteiger partial charge on any atom is 0.102 e. The van der Waals surface area contributed by atoms with Gasteiger partial charge in [0.2, 0.25) is 0 Å². The number of nitrogens with one attached hydrogen (secondary N) is 1. The van der Waals surface area contributed by atoms with Crippen molar-refractivity contribution >= 4 is 5.84 Å². The molecule has 0 amide bonds. The molecular weight excluding hydrogens is 174 g/mol. The molecule has 2 rings (SSSR count). The summed E-state index contributed by atoms with van der Waals surface area (Å²) in [6.45, 7) is 4.28. The van der Waals surface area contributed by atoms with Crippen molar-refractivity contribution in [2.24, 2.45) is 11.1 Å². The molecule has 0 bridgehead atoms. The molecule has 0 spiro atoms. The Kier molecular flexibility index (Phi) is 1.68. The van der Waals surface area contributed by atoms with E-state index in [1.807, 2.05) is 18.3 Å². The molecule has 1 aromatic heterocycles. The van der Waals surface area contributed by atoms with Gasteiger partial charge < -0.3 is 5.73 Å². The lowest BCUT2D eigenvalue weighted by atomic mass is 9.88. The molecule has 1 fully saturated rings. The van der Waals surface area contributed by atoms with Crippen molar-refractivity contribution in [2.45, 2.75) is 25.7 Å². The molecule has 1 atom stereocenters. The fourth-order valence-electron chi connectivity index (χ4n) is 2.34. The van der Waals surface area contributed by atoms with Crippen LogP contribution in [0.2, 0.25) is 0 Å². The van der Waals surface area contributed by atoms with Gasteiger partial charge in [-0.25, -0.2) is 0 Å². The van der Waals surface area contributed by atoms with Crippen LogP contribution in [0.25, 0.3) is 0 Å². The Hall–Kier alpha value is -1.38. The van der Waals surface area contributed by atoms with Crippen LogP contribution in [0.5, 0.6) is 0 Å². The summed E-state index contributed by atoms with van der Waals surface area (Å²) in [6, 6.07) is 3.90. The van der Waals surface area contributed by atoms with Crippen LogP contribution in [0.3, 0.4) is 0 Å². The fourth-order valence-corrected chi connectivity index (χ4v) is 2.34. The molecule has 1 heterocycles. The molecule has 1 unspecified atom stereocenters. The summed E-state index contributed by atoms with van der Waals surface area (Å²) in [4.78, 5) is 4.09. The molecule has 1 saturated carbocycles. The van der Waals surface area contributed by atoms with Crippen LogP contribution < -0.4 is 5.73 Å². The molecule has 0 aromatic carbocycles. The van der Waals surface area contributed by atoms with Crippen LogP contribution in [0.4, 0.5) is 0 Å². The number of hydrogen-bond acceptors (Lipinski definition) is 2. The molecule has 14 heavy (non-hydrogen) atoms. The molecule has 3 heteroatoms. The van der Waals surface area contributed by atoms with Crippen molar-refractivity contribution < 1.29 is 0 Å². The number of aromatic nitrogens is 1. The third kappa shape index (κ3) is 0.983. The van der Waals surface area contributed by atoms with Crippen molar-refractivity contribution in [2.75, 3.05) is 0 Å². The van der Waals surface area contributed by atoms with Gasteiger partial charge in [0.15, 0.2) is 0 Å². The normalized spacial score (nSPS) is 28.4. The Morgan fingerprint density at radius 1 is 1.57 bits per heavy atom. The van der Waals surface area contributed by atoms with Crippen molar-refractivity contribution in [3.05, 3.63) is 30.1 Å². The minimum absolute atomic E-state index is 0.0991. The highest BCUT2D eigenvalue weighted by atomic mass is 14.8. The molecule has 0 aliphatic heterocycles. The first-order valence-corrected chi connectivity index (χ1v) is 4.76. The SMILES string of the molecule is CC1(C)CC1(C(=N)N)c1cccnc1. The number of pyridine rings is 1. The zero-order valence-corrected chi connectivity index (χ0v) is 8.54. The lowest BCUT2D eigenvalue weighted by Gasteiger charge is -2.18. The summed E-state index contributed by atoms with van der Waals surface area (Å²) in [5.74, 6) is 0.260. The van der Waals surface area contributed by atoms with Crippen molar-refractivity contribution in [1.29, 1.82) is 5.41 Å². The zero-order valence-electron chi connectivity index (χ0n) is 8.54. The number of rotatable bonds is 2. The molecule has 1 aliphatic rings. The maximum atomic E-state index is 7.70. The standard InChI is InChI=1S/C11H15N3/c1-10(2)7-11(10,9(12)13)8-4-3-5-14-6-8/h3-6H,7H2,1-2H3,(H3,12,13). The third-order valence-corrected chi connectivity index (χ3v) is 3.35. The second-order valence-electron chi connectivity index (χ2n) is 4.62. The minimum Gasteiger partial charge on any atom is -0.387 e. The lowest BCUT2D eigenvalue weighted by molar-refractivity contribution is 0.576. The maximum absolute atomic E-state index is 7.70. The Morgan fingerprint density at radius 3 is 2.57 bits per heavy atom. The van der Waals surface area contributed by atoms with Crippen LogP contribution in [0, 0.1) is 10.8 Å². The molecular formula is C11H15N3. The van der Waals surface area contributed by atoms with Gasteiger partial charge in [0.1, 0.15) is 5.84 Å². The van der Waals surface area contributed by atoms with E-state index in [0.29, 0.717) is 0 Å². The zero-order chi connectivity index (χ0) is 10.4. The average molecular weight is 189 g/mol. The van der Waals surface area contributed by atoms with E-state index in [1.165, 1.54) is 0 Å². The van der Waals surface area contributed by atoms with Crippen molar-refractivity contribution in [3.8, 4) is 0 Å². The van der Waals surface area contributed by atoms with Gasteiger partial charge in [-0.3, -0.25) is 10.4 Å². The molecule has 0 radical (unpaired) electrons. The molecule has 3 nitrogen and oxygen atoms in total. The Balaban J connectivity index is 2.47. The highest BCUT2D eigenvalue weighted by Gasteiger charge is 2.64. The average Bonchev–Trinajstić information content (AvgIpc) is 2.72.